The van der Waals surface area contributed by atoms with Crippen molar-refractivity contribution in [1.29, 1.82) is 0 Å². The molecule has 2 amide bonds. The van der Waals surface area contributed by atoms with Crippen molar-refractivity contribution in [3.8, 4) is 0 Å². The maximum Gasteiger partial charge on any atom is 0.416 e. The Morgan fingerprint density at radius 1 is 1.22 bits per heavy atom. The van der Waals surface area contributed by atoms with Gasteiger partial charge in [-0.05, 0) is 43.7 Å². The van der Waals surface area contributed by atoms with Gasteiger partial charge in [-0.1, -0.05) is 16.8 Å². The number of hydrogen-bond donors (Lipinski definition) is 1. The third kappa shape index (κ3) is 5.27. The summed E-state index contributed by atoms with van der Waals surface area (Å²) in [6.45, 7) is 1.33. The minimum Gasteiger partial charge on any atom is -0.363 e. The van der Waals surface area contributed by atoms with E-state index < -0.39 is 41.3 Å². The number of hydrogen-bond acceptors (Lipinski definition) is 6. The lowest BCUT2D eigenvalue weighted by Crippen LogP contribution is -2.44. The molecule has 1 aromatic carbocycles. The van der Waals surface area contributed by atoms with Crippen molar-refractivity contribution in [2.24, 2.45) is 5.92 Å². The molecule has 0 bridgehead atoms. The molecule has 0 aliphatic carbocycles. The number of carbonyl (C=O) groups excluding carboxylic acids is 2. The molecule has 1 saturated heterocycles. The molecule has 36 heavy (non-hydrogen) atoms. The lowest BCUT2D eigenvalue weighted by molar-refractivity contribution is -0.137. The van der Waals surface area contributed by atoms with Crippen molar-refractivity contribution >= 4 is 40.7 Å². The zero-order chi connectivity index (χ0) is 26.2. The summed E-state index contributed by atoms with van der Waals surface area (Å²) in [6.07, 6.45) is -3.38. The van der Waals surface area contributed by atoms with Crippen molar-refractivity contribution in [2.45, 2.75) is 25.6 Å². The SMILES string of the molecule is Cc1cc(C(F)(F)F)cc(N2C[C@@H](C(=O)Nc3ccon3)C[C@H]2C(=O)N(C)c2ccc(F)c(Cl)c2)n1. The Bertz CT molecular complexity index is 1290. The molecule has 8 nitrogen and oxygen atoms in total. The van der Waals surface area contributed by atoms with Crippen LogP contribution in [0.15, 0.2) is 47.2 Å². The van der Waals surface area contributed by atoms with Crippen LogP contribution in [0, 0.1) is 18.7 Å². The summed E-state index contributed by atoms with van der Waals surface area (Å²) in [5.74, 6) is -2.41. The number of anilines is 3. The van der Waals surface area contributed by atoms with Gasteiger partial charge in [0.2, 0.25) is 11.8 Å². The summed E-state index contributed by atoms with van der Waals surface area (Å²) in [7, 11) is 1.43. The number of rotatable bonds is 5. The number of nitrogens with one attached hydrogen (secondary N) is 1. The second-order valence-electron chi connectivity index (χ2n) is 8.32. The second kappa shape index (κ2) is 9.76. The largest absolute Gasteiger partial charge is 0.416 e. The zero-order valence-electron chi connectivity index (χ0n) is 19.0. The highest BCUT2D eigenvalue weighted by molar-refractivity contribution is 6.31. The molecular formula is C23H20ClF4N5O3. The van der Waals surface area contributed by atoms with Gasteiger partial charge in [0.1, 0.15) is 23.9 Å². The number of halogens is 5. The predicted octanol–water partition coefficient (Wildman–Crippen LogP) is 4.69. The molecule has 1 fully saturated rings. The van der Waals surface area contributed by atoms with Gasteiger partial charge in [0.05, 0.1) is 16.5 Å². The monoisotopic (exact) mass is 525 g/mol. The van der Waals surface area contributed by atoms with Crippen LogP contribution in [0.2, 0.25) is 5.02 Å². The van der Waals surface area contributed by atoms with E-state index in [4.69, 9.17) is 16.1 Å². The number of amides is 2. The van der Waals surface area contributed by atoms with Crippen LogP contribution in [-0.4, -0.2) is 41.6 Å². The first-order valence-corrected chi connectivity index (χ1v) is 11.1. The number of carbonyl (C=O) groups is 2. The summed E-state index contributed by atoms with van der Waals surface area (Å²) in [4.78, 5) is 33.2. The number of pyridine rings is 1. The van der Waals surface area contributed by atoms with Gasteiger partial charge >= 0.3 is 6.18 Å². The minimum absolute atomic E-state index is 0.0151. The van der Waals surface area contributed by atoms with E-state index in [2.05, 4.69) is 15.5 Å². The summed E-state index contributed by atoms with van der Waals surface area (Å²) >= 11 is 5.85. The standard InChI is InChI=1S/C23H20ClF4N5O3/c1-12-7-14(23(26,27)28)9-20(29-12)33-11-13(21(34)30-19-5-6-36-31-19)8-18(33)22(35)32(2)15-3-4-17(25)16(24)10-15/h3-7,9-10,13,18H,8,11H2,1-2H3,(H,30,31,34)/t13-,18-/m0/s1. The van der Waals surface area contributed by atoms with Crippen LogP contribution in [-0.2, 0) is 15.8 Å². The quantitative estimate of drug-likeness (QED) is 0.486. The van der Waals surface area contributed by atoms with Crippen molar-refractivity contribution in [3.05, 3.63) is 64.8 Å². The van der Waals surface area contributed by atoms with E-state index in [0.717, 1.165) is 18.2 Å². The van der Waals surface area contributed by atoms with Crippen LogP contribution in [0.5, 0.6) is 0 Å². The summed E-state index contributed by atoms with van der Waals surface area (Å²) in [5, 5.41) is 5.98. The van der Waals surface area contributed by atoms with Gasteiger partial charge in [0, 0.05) is 31.0 Å². The van der Waals surface area contributed by atoms with Crippen LogP contribution < -0.4 is 15.1 Å². The van der Waals surface area contributed by atoms with E-state index in [1.807, 2.05) is 0 Å². The Hall–Kier alpha value is -3.67. The highest BCUT2D eigenvalue weighted by atomic mass is 35.5. The van der Waals surface area contributed by atoms with Gasteiger partial charge < -0.3 is 19.6 Å². The second-order valence-corrected chi connectivity index (χ2v) is 8.73. The van der Waals surface area contributed by atoms with Gasteiger partial charge in [0.25, 0.3) is 0 Å². The predicted molar refractivity (Wildman–Crippen MR) is 123 cm³/mol. The van der Waals surface area contributed by atoms with Gasteiger partial charge in [-0.2, -0.15) is 13.2 Å². The van der Waals surface area contributed by atoms with Crippen LogP contribution in [0.1, 0.15) is 17.7 Å². The molecule has 1 aliphatic heterocycles. The van der Waals surface area contributed by atoms with E-state index in [0.29, 0.717) is 0 Å². The van der Waals surface area contributed by atoms with Crippen LogP contribution in [0.3, 0.4) is 0 Å². The van der Waals surface area contributed by atoms with Crippen LogP contribution in [0.4, 0.5) is 34.9 Å². The van der Waals surface area contributed by atoms with E-state index >= 15 is 0 Å². The first kappa shape index (κ1) is 25.4. The first-order chi connectivity index (χ1) is 16.9. The van der Waals surface area contributed by atoms with Gasteiger partial charge in [-0.15, -0.1) is 0 Å². The Morgan fingerprint density at radius 2 is 1.97 bits per heavy atom. The molecule has 13 heteroatoms. The fourth-order valence-electron chi connectivity index (χ4n) is 4.02. The van der Waals surface area contributed by atoms with Crippen molar-refractivity contribution in [3.63, 3.8) is 0 Å². The Labute approximate surface area is 207 Å². The van der Waals surface area contributed by atoms with Gasteiger partial charge in [-0.3, -0.25) is 9.59 Å². The van der Waals surface area contributed by atoms with Gasteiger partial charge in [0.15, 0.2) is 5.82 Å². The van der Waals surface area contributed by atoms with Crippen molar-refractivity contribution in [1.82, 2.24) is 10.1 Å². The van der Waals surface area contributed by atoms with Crippen molar-refractivity contribution in [2.75, 3.05) is 28.7 Å². The summed E-state index contributed by atoms with van der Waals surface area (Å²) in [5.41, 5.74) is -0.555. The average molecular weight is 526 g/mol. The summed E-state index contributed by atoms with van der Waals surface area (Å²) in [6, 6.07) is 5.84. The number of nitrogens with zero attached hydrogens (tertiary/aromatic N) is 4. The van der Waals surface area contributed by atoms with E-state index in [9.17, 15) is 27.2 Å². The fraction of sp³-hybridized carbons (Fsp3) is 0.304. The third-order valence-corrected chi connectivity index (χ3v) is 6.12. The van der Waals surface area contributed by atoms with Crippen LogP contribution in [0.25, 0.3) is 0 Å². The molecule has 0 unspecified atom stereocenters. The number of aromatic nitrogens is 2. The van der Waals surface area contributed by atoms with Crippen LogP contribution >= 0.6 is 11.6 Å². The smallest absolute Gasteiger partial charge is 0.363 e. The average Bonchev–Trinajstić information content (AvgIpc) is 3.49. The van der Waals surface area contributed by atoms with E-state index in [1.165, 1.54) is 48.2 Å². The maximum absolute atomic E-state index is 13.6. The zero-order valence-corrected chi connectivity index (χ0v) is 19.8. The lowest BCUT2D eigenvalue weighted by atomic mass is 10.0. The highest BCUT2D eigenvalue weighted by Crippen LogP contribution is 2.36. The number of benzene rings is 1. The number of likely N-dealkylation sites (N-methyl/N-ethyl adjacent to an activating group) is 1. The molecule has 0 saturated carbocycles. The Morgan fingerprint density at radius 3 is 2.61 bits per heavy atom. The fourth-order valence-corrected chi connectivity index (χ4v) is 4.20. The molecule has 2 atom stereocenters. The first-order valence-electron chi connectivity index (χ1n) is 10.7. The minimum atomic E-state index is -4.63. The molecule has 2 aromatic heterocycles. The van der Waals surface area contributed by atoms with Gasteiger partial charge in [-0.25, -0.2) is 9.37 Å². The number of aryl methyl sites for hydroxylation is 1. The topological polar surface area (TPSA) is 91.6 Å². The molecule has 190 valence electrons. The van der Waals surface area contributed by atoms with Crippen molar-refractivity contribution < 1.29 is 31.7 Å². The van der Waals surface area contributed by atoms with E-state index in [-0.39, 0.29) is 41.0 Å². The molecule has 4 rings (SSSR count). The lowest BCUT2D eigenvalue weighted by Gasteiger charge is -2.29. The van der Waals surface area contributed by atoms with E-state index in [1.54, 1.807) is 0 Å². The summed E-state index contributed by atoms with van der Waals surface area (Å²) < 4.78 is 58.8. The Kier molecular flexibility index (Phi) is 6.90. The Balaban J connectivity index is 1.68. The normalized spacial score (nSPS) is 17.8. The molecule has 0 spiro atoms. The highest BCUT2D eigenvalue weighted by Gasteiger charge is 2.43. The maximum atomic E-state index is 13.6. The number of alkyl halides is 3. The molecule has 3 heterocycles. The molecule has 1 aliphatic rings. The molecule has 0 radical (unpaired) electrons. The molecular weight excluding hydrogens is 506 g/mol. The molecule has 3 aromatic rings. The molecule has 1 N–H and O–H groups in total. The third-order valence-electron chi connectivity index (χ3n) is 5.83.